The molecule has 1 amide bonds. The second kappa shape index (κ2) is 7.85. The van der Waals surface area contributed by atoms with Crippen molar-refractivity contribution in [3.8, 4) is 5.88 Å². The van der Waals surface area contributed by atoms with E-state index < -0.39 is 0 Å². The molecule has 1 fully saturated rings. The molecule has 1 saturated heterocycles. The largest absolute Gasteiger partial charge is 0.476 e. The van der Waals surface area contributed by atoms with Gasteiger partial charge in [-0.2, -0.15) is 0 Å². The van der Waals surface area contributed by atoms with Crippen molar-refractivity contribution in [2.24, 2.45) is 13.0 Å². The van der Waals surface area contributed by atoms with Crippen LogP contribution in [0.15, 0.2) is 36.5 Å². The highest BCUT2D eigenvalue weighted by Crippen LogP contribution is 2.28. The molecule has 8 heteroatoms. The maximum absolute atomic E-state index is 12.4. The lowest BCUT2D eigenvalue weighted by molar-refractivity contribution is 0.0346. The van der Waals surface area contributed by atoms with E-state index >= 15 is 0 Å². The van der Waals surface area contributed by atoms with Gasteiger partial charge in [-0.1, -0.05) is 0 Å². The fraction of sp³-hybridized carbons (Fsp3) is 0.350. The molecular formula is C20H23N5O3. The summed E-state index contributed by atoms with van der Waals surface area (Å²) in [7, 11) is 1.85. The van der Waals surface area contributed by atoms with Crippen LogP contribution in [0.25, 0.3) is 10.9 Å². The molecule has 1 aliphatic rings. The summed E-state index contributed by atoms with van der Waals surface area (Å²) in [5, 5.41) is 8.20. The van der Waals surface area contributed by atoms with Crippen molar-refractivity contribution in [3.63, 3.8) is 0 Å². The highest BCUT2D eigenvalue weighted by Gasteiger charge is 2.18. The fourth-order valence-corrected chi connectivity index (χ4v) is 3.34. The SMILES string of the molecule is Cn1nc(OCC2CCCOC2)c2ccc(NC(=O)c3ncccc3N)cc21. The second-order valence-electron chi connectivity index (χ2n) is 6.95. The van der Waals surface area contributed by atoms with Crippen LogP contribution in [0.4, 0.5) is 11.4 Å². The number of rotatable bonds is 5. The van der Waals surface area contributed by atoms with Gasteiger partial charge in [0.25, 0.3) is 5.91 Å². The Morgan fingerprint density at radius 2 is 2.32 bits per heavy atom. The molecule has 3 heterocycles. The van der Waals surface area contributed by atoms with Crippen LogP contribution in [0.5, 0.6) is 5.88 Å². The van der Waals surface area contributed by atoms with Gasteiger partial charge in [-0.25, -0.2) is 4.98 Å². The van der Waals surface area contributed by atoms with Gasteiger partial charge in [0.15, 0.2) is 5.69 Å². The number of aromatic nitrogens is 3. The molecule has 1 aromatic carbocycles. The third kappa shape index (κ3) is 3.77. The number of nitrogens with one attached hydrogen (secondary N) is 1. The van der Waals surface area contributed by atoms with Crippen LogP contribution in [0.2, 0.25) is 0 Å². The molecule has 1 unspecified atom stereocenters. The van der Waals surface area contributed by atoms with Crippen LogP contribution in [-0.4, -0.2) is 40.5 Å². The Morgan fingerprint density at radius 1 is 1.43 bits per heavy atom. The smallest absolute Gasteiger partial charge is 0.276 e. The minimum atomic E-state index is -0.353. The number of carbonyl (C=O) groups excluding carboxylic acids is 1. The van der Waals surface area contributed by atoms with E-state index in [1.54, 1.807) is 16.8 Å². The van der Waals surface area contributed by atoms with Gasteiger partial charge < -0.3 is 20.5 Å². The summed E-state index contributed by atoms with van der Waals surface area (Å²) >= 11 is 0. The third-order valence-corrected chi connectivity index (χ3v) is 4.84. The fourth-order valence-electron chi connectivity index (χ4n) is 3.34. The van der Waals surface area contributed by atoms with Gasteiger partial charge in [0.2, 0.25) is 5.88 Å². The molecule has 4 rings (SSSR count). The maximum atomic E-state index is 12.4. The van der Waals surface area contributed by atoms with Crippen molar-refractivity contribution in [3.05, 3.63) is 42.2 Å². The van der Waals surface area contributed by atoms with E-state index in [-0.39, 0.29) is 11.6 Å². The van der Waals surface area contributed by atoms with Crippen molar-refractivity contribution in [1.82, 2.24) is 14.8 Å². The molecule has 1 atom stereocenters. The Labute approximate surface area is 162 Å². The Kier molecular flexibility index (Phi) is 5.12. The molecule has 0 saturated carbocycles. The summed E-state index contributed by atoms with van der Waals surface area (Å²) in [6.07, 6.45) is 3.72. The maximum Gasteiger partial charge on any atom is 0.276 e. The van der Waals surface area contributed by atoms with Crippen molar-refractivity contribution < 1.29 is 14.3 Å². The molecule has 28 heavy (non-hydrogen) atoms. The minimum absolute atomic E-state index is 0.200. The standard InChI is InChI=1S/C20H23N5O3/c1-25-17-10-14(23-19(26)18-16(21)5-2-8-22-18)6-7-15(17)20(24-25)28-12-13-4-3-9-27-11-13/h2,5-8,10,13H,3-4,9,11-12,21H2,1H3,(H,23,26). The van der Waals surface area contributed by atoms with Gasteiger partial charge in [0, 0.05) is 31.5 Å². The number of ether oxygens (including phenoxy) is 2. The molecule has 3 N–H and O–H groups in total. The quantitative estimate of drug-likeness (QED) is 0.704. The first-order chi connectivity index (χ1) is 13.6. The number of fused-ring (bicyclic) bond motifs is 1. The third-order valence-electron chi connectivity index (χ3n) is 4.84. The number of pyridine rings is 1. The van der Waals surface area contributed by atoms with Crippen LogP contribution in [0.1, 0.15) is 23.3 Å². The molecule has 8 nitrogen and oxygen atoms in total. The highest BCUT2D eigenvalue weighted by molar-refractivity contribution is 6.06. The summed E-state index contributed by atoms with van der Waals surface area (Å²) in [5.74, 6) is 0.636. The lowest BCUT2D eigenvalue weighted by atomic mass is 10.0. The Morgan fingerprint density at radius 3 is 3.11 bits per heavy atom. The van der Waals surface area contributed by atoms with E-state index in [4.69, 9.17) is 15.2 Å². The Balaban J connectivity index is 1.50. The summed E-state index contributed by atoms with van der Waals surface area (Å²) in [6, 6.07) is 8.90. The average molecular weight is 381 g/mol. The molecule has 0 aliphatic carbocycles. The highest BCUT2D eigenvalue weighted by atomic mass is 16.5. The normalized spacial score (nSPS) is 16.8. The van der Waals surface area contributed by atoms with Crippen LogP contribution in [0, 0.1) is 5.92 Å². The van der Waals surface area contributed by atoms with Gasteiger partial charge in [-0.05, 0) is 43.2 Å². The summed E-state index contributed by atoms with van der Waals surface area (Å²) in [5.41, 5.74) is 7.86. The van der Waals surface area contributed by atoms with Crippen molar-refractivity contribution in [1.29, 1.82) is 0 Å². The number of benzene rings is 1. The first-order valence-electron chi connectivity index (χ1n) is 9.31. The number of aryl methyl sites for hydroxylation is 1. The van der Waals surface area contributed by atoms with E-state index in [2.05, 4.69) is 15.4 Å². The number of nitrogens with two attached hydrogens (primary N) is 1. The monoisotopic (exact) mass is 381 g/mol. The predicted octanol–water partition coefficient (Wildman–Crippen LogP) is 2.61. The van der Waals surface area contributed by atoms with E-state index in [1.807, 2.05) is 25.2 Å². The number of nitrogen functional groups attached to an aromatic ring is 1. The number of hydrogen-bond donors (Lipinski definition) is 2. The van der Waals surface area contributed by atoms with Crippen LogP contribution < -0.4 is 15.8 Å². The van der Waals surface area contributed by atoms with Crippen molar-refractivity contribution in [2.45, 2.75) is 12.8 Å². The molecule has 0 radical (unpaired) electrons. The van der Waals surface area contributed by atoms with Crippen LogP contribution in [0.3, 0.4) is 0 Å². The number of anilines is 2. The molecule has 2 aromatic heterocycles. The topological polar surface area (TPSA) is 104 Å². The Hall–Kier alpha value is -3.13. The average Bonchev–Trinajstić information content (AvgIpc) is 3.03. The van der Waals surface area contributed by atoms with E-state index in [9.17, 15) is 4.79 Å². The molecule has 0 spiro atoms. The Bertz CT molecular complexity index is 995. The van der Waals surface area contributed by atoms with Crippen LogP contribution >= 0.6 is 0 Å². The summed E-state index contributed by atoms with van der Waals surface area (Å²) in [4.78, 5) is 16.5. The van der Waals surface area contributed by atoms with E-state index in [1.165, 1.54) is 6.20 Å². The molecular weight excluding hydrogens is 358 g/mol. The van der Waals surface area contributed by atoms with Gasteiger partial charge in [0.05, 0.1) is 29.8 Å². The van der Waals surface area contributed by atoms with Gasteiger partial charge >= 0.3 is 0 Å². The van der Waals surface area contributed by atoms with E-state index in [0.29, 0.717) is 29.8 Å². The number of amides is 1. The van der Waals surface area contributed by atoms with Gasteiger partial charge in [-0.15, -0.1) is 5.10 Å². The number of nitrogens with zero attached hydrogens (tertiary/aromatic N) is 3. The van der Waals surface area contributed by atoms with Crippen LogP contribution in [-0.2, 0) is 11.8 Å². The van der Waals surface area contributed by atoms with Crippen molar-refractivity contribution in [2.75, 3.05) is 30.9 Å². The summed E-state index contributed by atoms with van der Waals surface area (Å²) < 4.78 is 13.2. The molecule has 3 aromatic rings. The first-order valence-corrected chi connectivity index (χ1v) is 9.31. The lowest BCUT2D eigenvalue weighted by Gasteiger charge is -2.21. The zero-order valence-corrected chi connectivity index (χ0v) is 15.7. The second-order valence-corrected chi connectivity index (χ2v) is 6.95. The zero-order valence-electron chi connectivity index (χ0n) is 15.7. The van der Waals surface area contributed by atoms with E-state index in [0.717, 1.165) is 37.0 Å². The molecule has 1 aliphatic heterocycles. The van der Waals surface area contributed by atoms with Crippen molar-refractivity contribution >= 4 is 28.2 Å². The number of hydrogen-bond acceptors (Lipinski definition) is 6. The lowest BCUT2D eigenvalue weighted by Crippen LogP contribution is -2.23. The summed E-state index contributed by atoms with van der Waals surface area (Å²) in [6.45, 7) is 2.16. The molecule has 146 valence electrons. The minimum Gasteiger partial charge on any atom is -0.476 e. The number of carbonyl (C=O) groups is 1. The van der Waals surface area contributed by atoms with Gasteiger partial charge in [0.1, 0.15) is 0 Å². The molecule has 0 bridgehead atoms. The predicted molar refractivity (Wildman–Crippen MR) is 106 cm³/mol. The van der Waals surface area contributed by atoms with Gasteiger partial charge in [-0.3, -0.25) is 9.48 Å². The zero-order chi connectivity index (χ0) is 19.5. The first kappa shape index (κ1) is 18.2.